The Labute approximate surface area is 119 Å². The van der Waals surface area contributed by atoms with Crippen LogP contribution in [0.5, 0.6) is 0 Å². The first-order chi connectivity index (χ1) is 9.39. The Morgan fingerprint density at radius 3 is 2.30 bits per heavy atom. The van der Waals surface area contributed by atoms with Gasteiger partial charge in [-0.3, -0.25) is 4.90 Å². The van der Waals surface area contributed by atoms with Gasteiger partial charge in [-0.05, 0) is 39.2 Å². The zero-order chi connectivity index (χ0) is 14.8. The monoisotopic (exact) mass is 292 g/mol. The Morgan fingerprint density at radius 1 is 1.10 bits per heavy atom. The molecule has 2 nitrogen and oxygen atoms in total. The molecule has 2 aliphatic carbocycles. The predicted molar refractivity (Wildman–Crippen MR) is 74.4 cm³/mol. The fourth-order valence-corrected chi connectivity index (χ4v) is 4.13. The first-order valence-electron chi connectivity index (χ1n) is 7.89. The predicted octanol–water partition coefficient (Wildman–Crippen LogP) is 3.70. The molecule has 0 heterocycles. The molecule has 2 aliphatic rings. The summed E-state index contributed by atoms with van der Waals surface area (Å²) in [5.74, 6) is -1.18. The number of nitrogens with two attached hydrogens (primary N) is 1. The van der Waals surface area contributed by atoms with Crippen molar-refractivity contribution in [2.45, 2.75) is 75.5 Å². The lowest BCUT2D eigenvalue weighted by atomic mass is 9.73. The van der Waals surface area contributed by atoms with Crippen molar-refractivity contribution in [3.05, 3.63) is 0 Å². The number of hydrogen-bond donors (Lipinski definition) is 1. The minimum atomic E-state index is -4.08. The Balaban J connectivity index is 2.11. The van der Waals surface area contributed by atoms with Crippen LogP contribution in [0.15, 0.2) is 0 Å². The highest BCUT2D eigenvalue weighted by atomic mass is 19.4. The summed E-state index contributed by atoms with van der Waals surface area (Å²) >= 11 is 0. The van der Waals surface area contributed by atoms with Crippen molar-refractivity contribution in [2.75, 3.05) is 13.6 Å². The molecule has 0 bridgehead atoms. The summed E-state index contributed by atoms with van der Waals surface area (Å²) in [6, 6.07) is 0.416. The molecule has 2 saturated carbocycles. The van der Waals surface area contributed by atoms with E-state index in [1.54, 1.807) is 0 Å². The minimum Gasteiger partial charge on any atom is -0.329 e. The molecule has 0 amide bonds. The maximum Gasteiger partial charge on any atom is 0.391 e. The number of nitrogens with zero attached hydrogens (tertiary/aromatic N) is 1. The number of likely N-dealkylation sites (N-methyl/N-ethyl adjacent to an activating group) is 1. The second-order valence-corrected chi connectivity index (χ2v) is 6.67. The highest BCUT2D eigenvalue weighted by Crippen LogP contribution is 2.44. The first kappa shape index (κ1) is 16.1. The second-order valence-electron chi connectivity index (χ2n) is 6.67. The van der Waals surface area contributed by atoms with E-state index in [2.05, 4.69) is 4.90 Å². The molecule has 20 heavy (non-hydrogen) atoms. The summed E-state index contributed by atoms with van der Waals surface area (Å²) in [6.07, 6.45) is 3.67. The molecule has 0 aliphatic heterocycles. The SMILES string of the molecule is CN(C1CCCCC1)C1(CN)CCCC(C(F)(F)F)C1. The second kappa shape index (κ2) is 6.22. The molecule has 0 saturated heterocycles. The first-order valence-corrected chi connectivity index (χ1v) is 7.89. The van der Waals surface area contributed by atoms with Gasteiger partial charge in [-0.25, -0.2) is 0 Å². The van der Waals surface area contributed by atoms with Gasteiger partial charge in [0.15, 0.2) is 0 Å². The van der Waals surface area contributed by atoms with Crippen molar-refractivity contribution >= 4 is 0 Å². The number of rotatable bonds is 3. The average Bonchev–Trinajstić information content (AvgIpc) is 2.46. The highest BCUT2D eigenvalue weighted by molar-refractivity contribution is 4.99. The van der Waals surface area contributed by atoms with Gasteiger partial charge in [-0.2, -0.15) is 13.2 Å². The molecule has 0 spiro atoms. The van der Waals surface area contributed by atoms with Crippen LogP contribution in [0.1, 0.15) is 57.8 Å². The van der Waals surface area contributed by atoms with E-state index in [1.807, 2.05) is 7.05 Å². The van der Waals surface area contributed by atoms with E-state index in [0.717, 1.165) is 19.3 Å². The molecule has 0 radical (unpaired) electrons. The normalized spacial score (nSPS) is 33.6. The lowest BCUT2D eigenvalue weighted by molar-refractivity contribution is -0.194. The van der Waals surface area contributed by atoms with Gasteiger partial charge >= 0.3 is 6.18 Å². The number of hydrogen-bond acceptors (Lipinski definition) is 2. The Morgan fingerprint density at radius 2 is 1.75 bits per heavy atom. The molecule has 2 fully saturated rings. The van der Waals surface area contributed by atoms with Crippen LogP contribution in [0.2, 0.25) is 0 Å². The van der Waals surface area contributed by atoms with Gasteiger partial charge < -0.3 is 5.73 Å². The van der Waals surface area contributed by atoms with Gasteiger partial charge in [0.1, 0.15) is 0 Å². The largest absolute Gasteiger partial charge is 0.391 e. The van der Waals surface area contributed by atoms with Crippen LogP contribution in [0.4, 0.5) is 13.2 Å². The molecule has 2 atom stereocenters. The summed E-state index contributed by atoms with van der Waals surface area (Å²) in [5.41, 5.74) is 5.50. The zero-order valence-electron chi connectivity index (χ0n) is 12.4. The summed E-state index contributed by atoms with van der Waals surface area (Å²) in [4.78, 5) is 2.21. The minimum absolute atomic E-state index is 0.181. The third-order valence-corrected chi connectivity index (χ3v) is 5.53. The van der Waals surface area contributed by atoms with Crippen molar-refractivity contribution in [1.82, 2.24) is 4.90 Å². The Bertz CT molecular complexity index is 313. The molecular weight excluding hydrogens is 265 g/mol. The Hall–Kier alpha value is -0.290. The van der Waals surface area contributed by atoms with Gasteiger partial charge in [-0.1, -0.05) is 25.7 Å². The topological polar surface area (TPSA) is 29.3 Å². The Kier molecular flexibility index (Phi) is 5.00. The molecular formula is C15H27F3N2. The lowest BCUT2D eigenvalue weighted by Crippen LogP contribution is -2.59. The summed E-state index contributed by atoms with van der Waals surface area (Å²) in [6.45, 7) is 0.340. The smallest absolute Gasteiger partial charge is 0.329 e. The van der Waals surface area contributed by atoms with Crippen LogP contribution in [-0.2, 0) is 0 Å². The molecule has 0 aromatic carbocycles. The van der Waals surface area contributed by atoms with Crippen molar-refractivity contribution < 1.29 is 13.2 Å². The van der Waals surface area contributed by atoms with E-state index in [1.165, 1.54) is 19.3 Å². The molecule has 118 valence electrons. The molecule has 5 heteroatoms. The van der Waals surface area contributed by atoms with Crippen LogP contribution in [0.3, 0.4) is 0 Å². The van der Waals surface area contributed by atoms with Crippen LogP contribution in [-0.4, -0.2) is 36.2 Å². The van der Waals surface area contributed by atoms with E-state index >= 15 is 0 Å². The van der Waals surface area contributed by atoms with E-state index in [9.17, 15) is 13.2 Å². The summed E-state index contributed by atoms with van der Waals surface area (Å²) in [7, 11) is 2.00. The highest BCUT2D eigenvalue weighted by Gasteiger charge is 2.49. The van der Waals surface area contributed by atoms with Gasteiger partial charge in [0.2, 0.25) is 0 Å². The van der Waals surface area contributed by atoms with Crippen molar-refractivity contribution in [3.63, 3.8) is 0 Å². The zero-order valence-corrected chi connectivity index (χ0v) is 12.4. The molecule has 0 aromatic rings. The number of alkyl halides is 3. The van der Waals surface area contributed by atoms with Gasteiger partial charge in [0, 0.05) is 18.1 Å². The third kappa shape index (κ3) is 3.30. The van der Waals surface area contributed by atoms with Crippen molar-refractivity contribution in [3.8, 4) is 0 Å². The van der Waals surface area contributed by atoms with Gasteiger partial charge in [0.05, 0.1) is 5.92 Å². The molecule has 0 aromatic heterocycles. The van der Waals surface area contributed by atoms with Crippen LogP contribution in [0, 0.1) is 5.92 Å². The van der Waals surface area contributed by atoms with Crippen LogP contribution < -0.4 is 5.73 Å². The van der Waals surface area contributed by atoms with Gasteiger partial charge in [0.25, 0.3) is 0 Å². The fourth-order valence-electron chi connectivity index (χ4n) is 4.13. The van der Waals surface area contributed by atoms with E-state index in [-0.39, 0.29) is 12.8 Å². The average molecular weight is 292 g/mol. The third-order valence-electron chi connectivity index (χ3n) is 5.53. The van der Waals surface area contributed by atoms with Gasteiger partial charge in [-0.15, -0.1) is 0 Å². The quantitative estimate of drug-likeness (QED) is 0.859. The van der Waals surface area contributed by atoms with E-state index in [0.29, 0.717) is 19.0 Å². The van der Waals surface area contributed by atoms with E-state index in [4.69, 9.17) is 5.73 Å². The lowest BCUT2D eigenvalue weighted by Gasteiger charge is -2.50. The summed E-state index contributed by atoms with van der Waals surface area (Å²) < 4.78 is 39.2. The molecule has 2 N–H and O–H groups in total. The molecule has 2 rings (SSSR count). The van der Waals surface area contributed by atoms with Crippen molar-refractivity contribution in [1.29, 1.82) is 0 Å². The van der Waals surface area contributed by atoms with Crippen LogP contribution in [0.25, 0.3) is 0 Å². The maximum atomic E-state index is 13.1. The standard InChI is InChI=1S/C15H27F3N2/c1-20(13-7-3-2-4-8-13)14(11-19)9-5-6-12(10-14)15(16,17)18/h12-13H,2-11,19H2,1H3. The van der Waals surface area contributed by atoms with E-state index < -0.39 is 17.6 Å². The van der Waals surface area contributed by atoms with Crippen LogP contribution >= 0.6 is 0 Å². The fraction of sp³-hybridized carbons (Fsp3) is 1.00. The van der Waals surface area contributed by atoms with Crippen molar-refractivity contribution in [2.24, 2.45) is 11.7 Å². The summed E-state index contributed by atoms with van der Waals surface area (Å²) in [5, 5.41) is 0. The maximum absolute atomic E-state index is 13.1. The number of halogens is 3. The molecule has 2 unspecified atom stereocenters.